The Bertz CT molecular complexity index is 405. The Morgan fingerprint density at radius 2 is 1.78 bits per heavy atom. The van der Waals surface area contributed by atoms with Gasteiger partial charge in [-0.2, -0.15) is 0 Å². The normalized spacial score (nSPS) is 50.2. The van der Waals surface area contributed by atoms with Crippen LogP contribution in [0.3, 0.4) is 0 Å². The van der Waals surface area contributed by atoms with Crippen molar-refractivity contribution in [2.24, 2.45) is 23.7 Å². The monoisotopic (exact) mass is 330 g/mol. The van der Waals surface area contributed by atoms with Gasteiger partial charge in [0.15, 0.2) is 18.2 Å². The quantitative estimate of drug-likeness (QED) is 0.609. The van der Waals surface area contributed by atoms with Crippen molar-refractivity contribution in [2.75, 3.05) is 13.2 Å². The van der Waals surface area contributed by atoms with Gasteiger partial charge < -0.3 is 19.3 Å². The van der Waals surface area contributed by atoms with Crippen molar-refractivity contribution in [3.8, 4) is 0 Å². The largest absolute Gasteiger partial charge is 0.394 e. The van der Waals surface area contributed by atoms with E-state index in [-0.39, 0.29) is 37.1 Å². The highest BCUT2D eigenvalue weighted by Crippen LogP contribution is 2.56. The minimum atomic E-state index is -0.819. The predicted octanol–water partition coefficient (Wildman–Crippen LogP) is 2.40. The van der Waals surface area contributed by atoms with E-state index in [1.165, 1.54) is 0 Å². The van der Waals surface area contributed by atoms with E-state index in [4.69, 9.17) is 24.2 Å². The van der Waals surface area contributed by atoms with Crippen LogP contribution in [0.2, 0.25) is 0 Å². The minimum absolute atomic E-state index is 0.0412. The molecule has 1 aliphatic carbocycles. The first-order valence-corrected chi connectivity index (χ1v) is 8.90. The summed E-state index contributed by atoms with van der Waals surface area (Å²) in [4.78, 5) is 5.22. The van der Waals surface area contributed by atoms with E-state index < -0.39 is 18.2 Å². The third kappa shape index (κ3) is 2.83. The Morgan fingerprint density at radius 1 is 1.04 bits per heavy atom. The summed E-state index contributed by atoms with van der Waals surface area (Å²) in [6.07, 6.45) is 2.94. The molecule has 3 rings (SSSR count). The maximum atomic E-state index is 9.95. The van der Waals surface area contributed by atoms with Crippen LogP contribution in [-0.4, -0.2) is 47.9 Å². The Kier molecular flexibility index (Phi) is 5.30. The molecule has 0 radical (unpaired) electrons. The van der Waals surface area contributed by atoms with E-state index in [1.807, 2.05) is 6.92 Å². The van der Waals surface area contributed by atoms with Crippen LogP contribution in [-0.2, 0) is 19.1 Å². The summed E-state index contributed by atoms with van der Waals surface area (Å²) >= 11 is 0. The molecule has 0 spiro atoms. The van der Waals surface area contributed by atoms with Crippen LogP contribution in [0.25, 0.3) is 0 Å². The molecule has 8 atom stereocenters. The molecule has 1 saturated carbocycles. The number of hydrogen-bond acceptors (Lipinski definition) is 6. The lowest BCUT2D eigenvalue weighted by Crippen LogP contribution is -2.67. The van der Waals surface area contributed by atoms with Gasteiger partial charge in [0.25, 0.3) is 0 Å². The van der Waals surface area contributed by atoms with Crippen LogP contribution in [0.5, 0.6) is 0 Å². The number of aliphatic hydroxyl groups excluding tert-OH is 1. The van der Waals surface area contributed by atoms with Gasteiger partial charge in [-0.3, -0.25) is 5.26 Å². The molecule has 3 fully saturated rings. The Labute approximate surface area is 138 Å². The van der Waals surface area contributed by atoms with Gasteiger partial charge >= 0.3 is 0 Å². The van der Waals surface area contributed by atoms with Crippen molar-refractivity contribution < 1.29 is 29.5 Å². The van der Waals surface area contributed by atoms with Gasteiger partial charge in [0.1, 0.15) is 0 Å². The summed E-state index contributed by atoms with van der Waals surface area (Å²) in [7, 11) is 0. The van der Waals surface area contributed by atoms with Crippen LogP contribution in [0.15, 0.2) is 0 Å². The van der Waals surface area contributed by atoms with E-state index in [1.54, 1.807) is 0 Å². The minimum Gasteiger partial charge on any atom is -0.394 e. The first-order valence-electron chi connectivity index (χ1n) is 8.90. The smallest absolute Gasteiger partial charge is 0.193 e. The Hall–Kier alpha value is -0.240. The second-order valence-corrected chi connectivity index (χ2v) is 7.53. The molecule has 1 unspecified atom stereocenters. The Balaban J connectivity index is 1.95. The molecule has 3 aliphatic rings. The number of rotatable bonds is 4. The molecule has 0 aromatic carbocycles. The second kappa shape index (κ2) is 6.94. The van der Waals surface area contributed by atoms with Gasteiger partial charge in [0.2, 0.25) is 0 Å². The van der Waals surface area contributed by atoms with E-state index in [0.29, 0.717) is 5.92 Å². The third-order valence-electron chi connectivity index (χ3n) is 6.24. The number of aliphatic hydroxyl groups is 1. The lowest BCUT2D eigenvalue weighted by Gasteiger charge is -2.57. The average Bonchev–Trinajstić information content (AvgIpc) is 2.68. The summed E-state index contributed by atoms with van der Waals surface area (Å²) < 4.78 is 17.9. The lowest BCUT2D eigenvalue weighted by atomic mass is 9.58. The van der Waals surface area contributed by atoms with Gasteiger partial charge in [-0.1, -0.05) is 13.8 Å². The fourth-order valence-corrected chi connectivity index (χ4v) is 5.03. The molecule has 0 aromatic rings. The molecular formula is C17H30O6. The van der Waals surface area contributed by atoms with Crippen LogP contribution in [0.1, 0.15) is 46.5 Å². The van der Waals surface area contributed by atoms with Crippen LogP contribution >= 0.6 is 0 Å². The van der Waals surface area contributed by atoms with Crippen molar-refractivity contribution >= 4 is 0 Å². The lowest BCUT2D eigenvalue weighted by molar-refractivity contribution is -0.460. The van der Waals surface area contributed by atoms with Gasteiger partial charge in [-0.05, 0) is 44.4 Å². The molecule has 2 aliphatic heterocycles. The van der Waals surface area contributed by atoms with Gasteiger partial charge in [-0.25, -0.2) is 4.89 Å². The molecule has 2 heterocycles. The molecule has 23 heavy (non-hydrogen) atoms. The molecule has 134 valence electrons. The summed E-state index contributed by atoms with van der Waals surface area (Å²) in [5.74, 6) is 0.848. The first-order chi connectivity index (χ1) is 11.0. The molecule has 2 N–H and O–H groups in total. The van der Waals surface area contributed by atoms with Crippen molar-refractivity contribution in [1.29, 1.82) is 0 Å². The zero-order valence-electron chi connectivity index (χ0n) is 14.3. The highest BCUT2D eigenvalue weighted by molar-refractivity contribution is 5.07. The van der Waals surface area contributed by atoms with Gasteiger partial charge in [0.05, 0.1) is 19.3 Å². The highest BCUT2D eigenvalue weighted by atomic mass is 17.1. The van der Waals surface area contributed by atoms with E-state index >= 15 is 0 Å². The summed E-state index contributed by atoms with van der Waals surface area (Å²) in [6, 6.07) is 0. The molecule has 6 heteroatoms. The Morgan fingerprint density at radius 3 is 2.48 bits per heavy atom. The standard InChI is InChI=1S/C17H30O6/c1-10-4-6-14-12(3)15(20-9-8-18)22-16-17(14,23-19)13(10)7-5-11(2)21-16/h10-16,18-19H,4-9H2,1-3H3/t10-,11+,12-,13?,14+,15+,16+,17-/m1/s1. The average molecular weight is 330 g/mol. The summed E-state index contributed by atoms with van der Waals surface area (Å²) in [5.41, 5.74) is -0.819. The fraction of sp³-hybridized carbons (Fsp3) is 1.00. The fourth-order valence-electron chi connectivity index (χ4n) is 5.03. The predicted molar refractivity (Wildman–Crippen MR) is 82.5 cm³/mol. The second-order valence-electron chi connectivity index (χ2n) is 7.53. The van der Waals surface area contributed by atoms with Crippen molar-refractivity contribution in [2.45, 2.75) is 70.7 Å². The summed E-state index contributed by atoms with van der Waals surface area (Å²) in [6.45, 7) is 6.53. The van der Waals surface area contributed by atoms with Crippen LogP contribution in [0, 0.1) is 23.7 Å². The van der Waals surface area contributed by atoms with Crippen LogP contribution < -0.4 is 0 Å². The van der Waals surface area contributed by atoms with Crippen molar-refractivity contribution in [1.82, 2.24) is 0 Å². The number of ether oxygens (including phenoxy) is 3. The molecule has 0 aromatic heterocycles. The zero-order valence-corrected chi connectivity index (χ0v) is 14.3. The molecule has 0 bridgehead atoms. The summed E-state index contributed by atoms with van der Waals surface area (Å²) in [5, 5.41) is 19.0. The maximum Gasteiger partial charge on any atom is 0.193 e. The van der Waals surface area contributed by atoms with Gasteiger partial charge in [0, 0.05) is 11.8 Å². The third-order valence-corrected chi connectivity index (χ3v) is 6.24. The van der Waals surface area contributed by atoms with Crippen molar-refractivity contribution in [3.63, 3.8) is 0 Å². The van der Waals surface area contributed by atoms with Crippen molar-refractivity contribution in [3.05, 3.63) is 0 Å². The van der Waals surface area contributed by atoms with Crippen LogP contribution in [0.4, 0.5) is 0 Å². The molecule has 6 nitrogen and oxygen atoms in total. The highest BCUT2D eigenvalue weighted by Gasteiger charge is 2.64. The zero-order chi connectivity index (χ0) is 16.6. The molecule has 2 saturated heterocycles. The van der Waals surface area contributed by atoms with Gasteiger partial charge in [-0.15, -0.1) is 0 Å². The van der Waals surface area contributed by atoms with E-state index in [2.05, 4.69) is 13.8 Å². The topological polar surface area (TPSA) is 77.4 Å². The molecule has 0 amide bonds. The van der Waals surface area contributed by atoms with E-state index in [9.17, 15) is 5.26 Å². The van der Waals surface area contributed by atoms with E-state index in [0.717, 1.165) is 25.7 Å². The molecular weight excluding hydrogens is 300 g/mol. The maximum absolute atomic E-state index is 9.95. The first kappa shape index (κ1) is 17.6. The number of hydrogen-bond donors (Lipinski definition) is 2. The SMILES string of the molecule is C[C@H]1[C@@H](OCCO)O[C@@H]2O[C@@H](C)CCC3[C@H](C)CC[C@@H]1[C@]32OO.